The second-order valence-corrected chi connectivity index (χ2v) is 10.0. The average Bonchev–Trinajstić information content (AvgIpc) is 2.92. The molecule has 2 rings (SSSR count). The van der Waals surface area contributed by atoms with Crippen LogP contribution in [0.5, 0.6) is 0 Å². The van der Waals surface area contributed by atoms with Crippen LogP contribution < -0.4 is 0 Å². The van der Waals surface area contributed by atoms with E-state index in [0.29, 0.717) is 0 Å². The number of halogens is 1. The third kappa shape index (κ3) is 13.6. The normalized spacial score (nSPS) is 11.3. The molecule has 0 aromatic heterocycles. The van der Waals surface area contributed by atoms with E-state index in [4.69, 9.17) is 9.98 Å². The van der Waals surface area contributed by atoms with Gasteiger partial charge in [-0.1, -0.05) is 66.4 Å². The van der Waals surface area contributed by atoms with Crippen LogP contribution in [0.3, 0.4) is 0 Å². The van der Waals surface area contributed by atoms with E-state index < -0.39 is 0 Å². The maximum atomic E-state index is 5.00. The molecular formula is C34H53ClN2Ni-. The number of rotatable bonds is 16. The molecule has 38 heavy (non-hydrogen) atoms. The van der Waals surface area contributed by atoms with Crippen molar-refractivity contribution >= 4 is 33.5 Å². The minimum atomic E-state index is 0. The Hall–Kier alpha value is -1.44. The molecule has 2 aromatic rings. The first kappa shape index (κ1) is 36.6. The van der Waals surface area contributed by atoms with Gasteiger partial charge in [-0.05, 0) is 117 Å². The Bertz CT molecular complexity index is 910. The predicted molar refractivity (Wildman–Crippen MR) is 170 cm³/mol. The Morgan fingerprint density at radius 2 is 1.13 bits per heavy atom. The zero-order valence-corrected chi connectivity index (χ0v) is 27.0. The summed E-state index contributed by atoms with van der Waals surface area (Å²) in [6.45, 7) is 13.4. The van der Waals surface area contributed by atoms with E-state index in [-0.39, 0.29) is 7.43 Å². The number of aliphatic imine (C=N–C) groups is 2. The number of aryl methyl sites for hydroxylation is 4. The third-order valence-corrected chi connectivity index (χ3v) is 6.75. The van der Waals surface area contributed by atoms with Crippen LogP contribution in [0.15, 0.2) is 40.3 Å². The summed E-state index contributed by atoms with van der Waals surface area (Å²) in [5.74, 6) is 0. The Morgan fingerprint density at radius 1 is 0.684 bits per heavy atom. The summed E-state index contributed by atoms with van der Waals surface area (Å²) < 4.78 is 0. The van der Waals surface area contributed by atoms with Crippen LogP contribution in [0.25, 0.3) is 0 Å². The first-order valence-electron chi connectivity index (χ1n) is 14.5. The van der Waals surface area contributed by atoms with E-state index in [0.717, 1.165) is 49.2 Å². The van der Waals surface area contributed by atoms with Crippen molar-refractivity contribution < 1.29 is 14.6 Å². The fraction of sp³-hybridized carbons (Fsp3) is 0.559. The molecule has 0 aliphatic heterocycles. The quantitative estimate of drug-likeness (QED) is 0.107. The summed E-state index contributed by atoms with van der Waals surface area (Å²) >= 11 is 3.35. The van der Waals surface area contributed by atoms with E-state index in [1.807, 2.05) is 6.21 Å². The van der Waals surface area contributed by atoms with Gasteiger partial charge in [0, 0.05) is 6.21 Å². The van der Waals surface area contributed by atoms with Crippen LogP contribution in [0.2, 0.25) is 0 Å². The summed E-state index contributed by atoms with van der Waals surface area (Å²) in [6, 6.07) is 11.6. The average molecular weight is 584 g/mol. The van der Waals surface area contributed by atoms with Gasteiger partial charge >= 0.3 is 24.8 Å². The maximum absolute atomic E-state index is 5.00. The van der Waals surface area contributed by atoms with E-state index in [2.05, 4.69) is 96.6 Å². The van der Waals surface area contributed by atoms with Crippen LogP contribution in [0.1, 0.15) is 121 Å². The standard InChI is InChI=1S/C33H50N2.CH3.ClH.Ni/c1-7-12-16-27-20-28(17-13-8-2)22-31(21-27)34-25-26(6)35-32-23-29(18-14-9-3)33(11-5)30(24-32)19-15-10-4;;;/h20-25H,7-19H2,1-6H3;1H3;1H;/q;-1;;+1/p-1. The van der Waals surface area contributed by atoms with Crippen LogP contribution >= 0.6 is 10.2 Å². The van der Waals surface area contributed by atoms with Gasteiger partial charge in [0.15, 0.2) is 0 Å². The van der Waals surface area contributed by atoms with Crippen molar-refractivity contribution in [2.45, 2.75) is 125 Å². The molecule has 0 saturated heterocycles. The number of hydrogen-bond acceptors (Lipinski definition) is 2. The number of benzene rings is 2. The minimum absolute atomic E-state index is 0. The van der Waals surface area contributed by atoms with Crippen LogP contribution in [-0.2, 0) is 46.7 Å². The molecule has 217 valence electrons. The van der Waals surface area contributed by atoms with Gasteiger partial charge in [0.25, 0.3) is 0 Å². The van der Waals surface area contributed by atoms with Gasteiger partial charge in [0.1, 0.15) is 0 Å². The second kappa shape index (κ2) is 22.4. The Labute approximate surface area is 247 Å². The van der Waals surface area contributed by atoms with E-state index in [1.54, 1.807) is 5.56 Å². The van der Waals surface area contributed by atoms with Crippen molar-refractivity contribution in [1.29, 1.82) is 0 Å². The summed E-state index contributed by atoms with van der Waals surface area (Å²) in [4.78, 5) is 9.86. The zero-order chi connectivity index (χ0) is 27.5. The van der Waals surface area contributed by atoms with Gasteiger partial charge < -0.3 is 7.43 Å². The summed E-state index contributed by atoms with van der Waals surface area (Å²) in [6.07, 6.45) is 17.5. The molecule has 4 heteroatoms. The molecule has 0 aliphatic rings. The van der Waals surface area contributed by atoms with Crippen molar-refractivity contribution in [3.63, 3.8) is 0 Å². The van der Waals surface area contributed by atoms with Gasteiger partial charge in [0.05, 0.1) is 17.1 Å². The first-order valence-corrected chi connectivity index (χ1v) is 15.9. The molecule has 0 spiro atoms. The molecule has 0 bridgehead atoms. The molecule has 0 heterocycles. The topological polar surface area (TPSA) is 24.7 Å². The van der Waals surface area contributed by atoms with E-state index >= 15 is 0 Å². The third-order valence-electron chi connectivity index (χ3n) is 6.75. The Balaban J connectivity index is 0.00000445. The summed E-state index contributed by atoms with van der Waals surface area (Å²) in [5, 5.41) is 0. The van der Waals surface area contributed by atoms with Gasteiger partial charge in [-0.25, -0.2) is 0 Å². The fourth-order valence-electron chi connectivity index (χ4n) is 4.75. The molecule has 0 fully saturated rings. The predicted octanol–water partition coefficient (Wildman–Crippen LogP) is 11.3. The summed E-state index contributed by atoms with van der Waals surface area (Å²) in [7, 11) is 4.26. The zero-order valence-electron chi connectivity index (χ0n) is 25.2. The van der Waals surface area contributed by atoms with Gasteiger partial charge in [-0.2, -0.15) is 0 Å². The molecule has 0 amide bonds. The van der Waals surface area contributed by atoms with Crippen molar-refractivity contribution in [3.8, 4) is 0 Å². The first-order chi connectivity index (χ1) is 18.0. The number of hydrogen-bond donors (Lipinski definition) is 0. The molecule has 0 atom stereocenters. The molecule has 2 aromatic carbocycles. The summed E-state index contributed by atoms with van der Waals surface area (Å²) in [5.41, 5.74) is 10.5. The Kier molecular flexibility index (Phi) is 21.5. The molecule has 2 nitrogen and oxygen atoms in total. The van der Waals surface area contributed by atoms with Crippen LogP contribution in [0.4, 0.5) is 11.4 Å². The van der Waals surface area contributed by atoms with Crippen LogP contribution in [-0.4, -0.2) is 11.9 Å². The SMILES string of the molecule is CCCCc1cc(CCCC)cc(N=CC(C)=Nc2cc(CCCC)c(CC)c(CCCC)c2)c1.[CH3-].[Cl][Ni]. The van der Waals surface area contributed by atoms with Crippen molar-refractivity contribution in [1.82, 2.24) is 0 Å². The molecule has 0 aliphatic carbocycles. The number of nitrogens with zero attached hydrogens (tertiary/aromatic N) is 2. The van der Waals surface area contributed by atoms with Gasteiger partial charge in [-0.15, -0.1) is 0 Å². The molecule has 0 unspecified atom stereocenters. The molecule has 0 radical (unpaired) electrons. The fourth-order valence-corrected chi connectivity index (χ4v) is 4.75. The molecular weight excluding hydrogens is 531 g/mol. The Morgan fingerprint density at radius 3 is 1.55 bits per heavy atom. The van der Waals surface area contributed by atoms with E-state index in [1.165, 1.54) is 73.6 Å². The number of unbranched alkanes of at least 4 members (excludes halogenated alkanes) is 4. The van der Waals surface area contributed by atoms with Crippen molar-refractivity contribution in [2.24, 2.45) is 9.98 Å². The van der Waals surface area contributed by atoms with Gasteiger partial charge in [0.2, 0.25) is 0 Å². The van der Waals surface area contributed by atoms with Crippen molar-refractivity contribution in [2.75, 3.05) is 0 Å². The monoisotopic (exact) mass is 582 g/mol. The van der Waals surface area contributed by atoms with E-state index in [9.17, 15) is 0 Å². The van der Waals surface area contributed by atoms with Gasteiger partial charge in [-0.3, -0.25) is 9.98 Å². The molecule has 0 N–H and O–H groups in total. The second-order valence-electron chi connectivity index (χ2n) is 10.0. The molecule has 0 saturated carbocycles. The van der Waals surface area contributed by atoms with Crippen molar-refractivity contribution in [3.05, 3.63) is 65.6 Å². The van der Waals surface area contributed by atoms with Crippen LogP contribution in [0, 0.1) is 7.43 Å².